The first-order chi connectivity index (χ1) is 10.8. The van der Waals surface area contributed by atoms with E-state index in [1.54, 1.807) is 24.5 Å². The van der Waals surface area contributed by atoms with Crippen LogP contribution >= 0.6 is 0 Å². The molecule has 6 heteroatoms. The number of aromatic nitrogens is 2. The Morgan fingerprint density at radius 1 is 1.55 bits per heavy atom. The van der Waals surface area contributed by atoms with E-state index in [4.69, 9.17) is 8.94 Å². The molecule has 1 aliphatic heterocycles. The highest BCUT2D eigenvalue weighted by Gasteiger charge is 2.27. The summed E-state index contributed by atoms with van der Waals surface area (Å²) in [5, 5.41) is 4.03. The predicted molar refractivity (Wildman–Crippen MR) is 80.0 cm³/mol. The Bertz CT molecular complexity index is 645. The van der Waals surface area contributed by atoms with Gasteiger partial charge in [0.25, 0.3) is 0 Å². The highest BCUT2D eigenvalue weighted by atomic mass is 16.5. The summed E-state index contributed by atoms with van der Waals surface area (Å²) in [5.41, 5.74) is 0. The Labute approximate surface area is 128 Å². The topological polar surface area (TPSA) is 72.4 Å². The van der Waals surface area contributed by atoms with Gasteiger partial charge < -0.3 is 13.8 Å². The van der Waals surface area contributed by atoms with Crippen LogP contribution in [0.5, 0.6) is 0 Å². The molecular formula is C16H19N3O3. The van der Waals surface area contributed by atoms with Crippen LogP contribution in [-0.2, 0) is 11.2 Å². The van der Waals surface area contributed by atoms with Crippen molar-refractivity contribution in [2.45, 2.75) is 32.1 Å². The van der Waals surface area contributed by atoms with Gasteiger partial charge in [-0.1, -0.05) is 12.1 Å². The van der Waals surface area contributed by atoms with Crippen molar-refractivity contribution in [3.05, 3.63) is 41.9 Å². The van der Waals surface area contributed by atoms with Gasteiger partial charge in [0.2, 0.25) is 11.8 Å². The van der Waals surface area contributed by atoms with Gasteiger partial charge in [0.15, 0.2) is 5.82 Å². The van der Waals surface area contributed by atoms with Crippen molar-refractivity contribution in [1.82, 2.24) is 15.0 Å². The third-order valence-corrected chi connectivity index (χ3v) is 3.82. The van der Waals surface area contributed by atoms with Gasteiger partial charge in [-0.2, -0.15) is 4.98 Å². The second-order valence-corrected chi connectivity index (χ2v) is 5.37. The van der Waals surface area contributed by atoms with Crippen molar-refractivity contribution in [3.63, 3.8) is 0 Å². The van der Waals surface area contributed by atoms with Gasteiger partial charge in [-0.05, 0) is 31.1 Å². The van der Waals surface area contributed by atoms with E-state index in [0.717, 1.165) is 25.8 Å². The molecular weight excluding hydrogens is 282 g/mol. The van der Waals surface area contributed by atoms with Gasteiger partial charge in [-0.15, -0.1) is 0 Å². The summed E-state index contributed by atoms with van der Waals surface area (Å²) < 4.78 is 10.4. The molecule has 116 valence electrons. The third-order valence-electron chi connectivity index (χ3n) is 3.82. The van der Waals surface area contributed by atoms with Gasteiger partial charge in [0, 0.05) is 31.5 Å². The minimum Gasteiger partial charge on any atom is -0.465 e. The molecule has 0 N–H and O–H groups in total. The first kappa shape index (κ1) is 14.6. The molecule has 0 saturated carbocycles. The average Bonchev–Trinajstić information content (AvgIpc) is 3.24. The SMILES string of the molecule is CCc1nc(C2CCCN(C(=O)/C=C/c3ccco3)C2)no1. The maximum atomic E-state index is 12.3. The lowest BCUT2D eigenvalue weighted by atomic mass is 9.97. The maximum absolute atomic E-state index is 12.3. The summed E-state index contributed by atoms with van der Waals surface area (Å²) in [6.07, 6.45) is 7.48. The maximum Gasteiger partial charge on any atom is 0.246 e. The number of amides is 1. The predicted octanol–water partition coefficient (Wildman–Crippen LogP) is 2.64. The molecule has 1 saturated heterocycles. The second kappa shape index (κ2) is 6.60. The van der Waals surface area contributed by atoms with Crippen LogP contribution in [0, 0.1) is 0 Å². The van der Waals surface area contributed by atoms with Gasteiger partial charge in [-0.3, -0.25) is 4.79 Å². The summed E-state index contributed by atoms with van der Waals surface area (Å²) in [7, 11) is 0. The van der Waals surface area contributed by atoms with E-state index >= 15 is 0 Å². The zero-order chi connectivity index (χ0) is 15.4. The van der Waals surface area contributed by atoms with Crippen LogP contribution in [-0.4, -0.2) is 34.0 Å². The molecule has 0 bridgehead atoms. The number of hydrogen-bond donors (Lipinski definition) is 0. The molecule has 0 aromatic carbocycles. The highest BCUT2D eigenvalue weighted by Crippen LogP contribution is 2.25. The lowest BCUT2D eigenvalue weighted by molar-refractivity contribution is -0.127. The summed E-state index contributed by atoms with van der Waals surface area (Å²) in [4.78, 5) is 18.5. The number of rotatable bonds is 4. The zero-order valence-corrected chi connectivity index (χ0v) is 12.6. The van der Waals surface area contributed by atoms with Crippen LogP contribution in [0.15, 0.2) is 33.4 Å². The molecule has 6 nitrogen and oxygen atoms in total. The Hall–Kier alpha value is -2.37. The van der Waals surface area contributed by atoms with Gasteiger partial charge >= 0.3 is 0 Å². The number of likely N-dealkylation sites (tertiary alicyclic amines) is 1. The van der Waals surface area contributed by atoms with Crippen molar-refractivity contribution in [3.8, 4) is 0 Å². The Morgan fingerprint density at radius 2 is 2.45 bits per heavy atom. The van der Waals surface area contributed by atoms with Crippen molar-refractivity contribution in [1.29, 1.82) is 0 Å². The van der Waals surface area contributed by atoms with Crippen LogP contribution in [0.4, 0.5) is 0 Å². The fraction of sp³-hybridized carbons (Fsp3) is 0.438. The van der Waals surface area contributed by atoms with Crippen LogP contribution in [0.3, 0.4) is 0 Å². The largest absolute Gasteiger partial charge is 0.465 e. The van der Waals surface area contributed by atoms with Gasteiger partial charge in [-0.25, -0.2) is 0 Å². The summed E-state index contributed by atoms with van der Waals surface area (Å²) in [6, 6.07) is 3.61. The minimum atomic E-state index is -0.0136. The number of carbonyl (C=O) groups is 1. The summed E-state index contributed by atoms with van der Waals surface area (Å²) >= 11 is 0. The van der Waals surface area contributed by atoms with Crippen LogP contribution in [0.1, 0.15) is 43.2 Å². The molecule has 0 aliphatic carbocycles. The zero-order valence-electron chi connectivity index (χ0n) is 12.6. The first-order valence-corrected chi connectivity index (χ1v) is 7.59. The Morgan fingerprint density at radius 3 is 3.18 bits per heavy atom. The lowest BCUT2D eigenvalue weighted by Gasteiger charge is -2.30. The highest BCUT2D eigenvalue weighted by molar-refractivity contribution is 5.91. The molecule has 22 heavy (non-hydrogen) atoms. The molecule has 2 aromatic rings. The molecule has 1 amide bonds. The van der Waals surface area contributed by atoms with Crippen LogP contribution < -0.4 is 0 Å². The van der Waals surface area contributed by atoms with Crippen molar-refractivity contribution in [2.24, 2.45) is 0 Å². The monoisotopic (exact) mass is 301 g/mol. The van der Waals surface area contributed by atoms with Crippen molar-refractivity contribution in [2.75, 3.05) is 13.1 Å². The van der Waals surface area contributed by atoms with E-state index < -0.39 is 0 Å². The minimum absolute atomic E-state index is 0.0136. The number of nitrogens with zero attached hydrogens (tertiary/aromatic N) is 3. The molecule has 1 fully saturated rings. The lowest BCUT2D eigenvalue weighted by Crippen LogP contribution is -2.38. The van der Waals surface area contributed by atoms with E-state index in [1.165, 1.54) is 0 Å². The summed E-state index contributed by atoms with van der Waals surface area (Å²) in [6.45, 7) is 3.37. The average molecular weight is 301 g/mol. The second-order valence-electron chi connectivity index (χ2n) is 5.37. The summed E-state index contributed by atoms with van der Waals surface area (Å²) in [5.74, 6) is 2.17. The first-order valence-electron chi connectivity index (χ1n) is 7.59. The number of carbonyl (C=O) groups excluding carboxylic acids is 1. The third kappa shape index (κ3) is 3.27. The van der Waals surface area contributed by atoms with Gasteiger partial charge in [0.05, 0.1) is 6.26 Å². The van der Waals surface area contributed by atoms with E-state index in [-0.39, 0.29) is 11.8 Å². The van der Waals surface area contributed by atoms with E-state index in [0.29, 0.717) is 24.0 Å². The Kier molecular flexibility index (Phi) is 4.37. The van der Waals surface area contributed by atoms with Crippen molar-refractivity contribution < 1.29 is 13.7 Å². The molecule has 0 radical (unpaired) electrons. The van der Waals surface area contributed by atoms with Gasteiger partial charge in [0.1, 0.15) is 5.76 Å². The fourth-order valence-electron chi connectivity index (χ4n) is 2.61. The number of hydrogen-bond acceptors (Lipinski definition) is 5. The molecule has 1 unspecified atom stereocenters. The standard InChI is InChI=1S/C16H19N3O3/c1-2-14-17-16(18-22-14)12-5-3-9-19(11-12)15(20)8-7-13-6-4-10-21-13/h4,6-8,10,12H,2-3,5,9,11H2,1H3/b8-7+. The molecule has 0 spiro atoms. The molecule has 1 aliphatic rings. The van der Waals surface area contributed by atoms with E-state index in [1.807, 2.05) is 17.9 Å². The quantitative estimate of drug-likeness (QED) is 0.812. The van der Waals surface area contributed by atoms with E-state index in [9.17, 15) is 4.79 Å². The number of piperidine rings is 1. The fourth-order valence-corrected chi connectivity index (χ4v) is 2.61. The van der Waals surface area contributed by atoms with Crippen LogP contribution in [0.2, 0.25) is 0 Å². The number of aryl methyl sites for hydroxylation is 1. The number of furan rings is 1. The molecule has 1 atom stereocenters. The molecule has 2 aromatic heterocycles. The van der Waals surface area contributed by atoms with E-state index in [2.05, 4.69) is 10.1 Å². The normalized spacial score (nSPS) is 19.0. The smallest absolute Gasteiger partial charge is 0.246 e. The van der Waals surface area contributed by atoms with Crippen molar-refractivity contribution >= 4 is 12.0 Å². The molecule has 3 heterocycles. The molecule has 3 rings (SSSR count). The Balaban J connectivity index is 1.63. The van der Waals surface area contributed by atoms with Crippen LogP contribution in [0.25, 0.3) is 6.08 Å².